The molecule has 0 aliphatic heterocycles. The number of esters is 1. The van der Waals surface area contributed by atoms with Crippen LogP contribution in [0.15, 0.2) is 24.3 Å². The SMILES string of the molecule is COC(=O)CCCN(C)C(=O)Cc1ccc(OC(F)F)cc1. The Bertz CT molecular complexity index is 491. The van der Waals surface area contributed by atoms with Gasteiger partial charge >= 0.3 is 12.6 Å². The van der Waals surface area contributed by atoms with Crippen molar-refractivity contribution in [1.82, 2.24) is 4.90 Å². The molecule has 0 aliphatic carbocycles. The van der Waals surface area contributed by atoms with Gasteiger partial charge < -0.3 is 14.4 Å². The minimum atomic E-state index is -2.87. The number of benzene rings is 1. The Balaban J connectivity index is 2.41. The summed E-state index contributed by atoms with van der Waals surface area (Å²) in [6, 6.07) is 5.92. The second kappa shape index (κ2) is 8.96. The van der Waals surface area contributed by atoms with Gasteiger partial charge in [0, 0.05) is 20.0 Å². The summed E-state index contributed by atoms with van der Waals surface area (Å²) in [5.74, 6) is -0.375. The molecule has 1 aromatic carbocycles. The molecule has 5 nitrogen and oxygen atoms in total. The highest BCUT2D eigenvalue weighted by Crippen LogP contribution is 2.15. The Kier molecular flexibility index (Phi) is 7.28. The number of ether oxygens (including phenoxy) is 2. The predicted octanol–water partition coefficient (Wildman–Crippen LogP) is 2.24. The molecule has 0 heterocycles. The molecular formula is C15H19F2NO4. The topological polar surface area (TPSA) is 55.8 Å². The molecule has 0 unspecified atom stereocenters. The molecule has 22 heavy (non-hydrogen) atoms. The second-order valence-electron chi connectivity index (χ2n) is 4.69. The molecule has 0 radical (unpaired) electrons. The van der Waals surface area contributed by atoms with Gasteiger partial charge in [0.2, 0.25) is 5.91 Å². The third-order valence-corrected chi connectivity index (χ3v) is 3.03. The lowest BCUT2D eigenvalue weighted by atomic mass is 10.1. The monoisotopic (exact) mass is 315 g/mol. The zero-order valence-corrected chi connectivity index (χ0v) is 12.6. The molecule has 122 valence electrons. The van der Waals surface area contributed by atoms with Crippen LogP contribution in [0, 0.1) is 0 Å². The van der Waals surface area contributed by atoms with Gasteiger partial charge in [-0.3, -0.25) is 9.59 Å². The molecule has 0 N–H and O–H groups in total. The van der Waals surface area contributed by atoms with Gasteiger partial charge in [0.15, 0.2) is 0 Å². The molecule has 1 rings (SSSR count). The van der Waals surface area contributed by atoms with E-state index >= 15 is 0 Å². The van der Waals surface area contributed by atoms with E-state index in [4.69, 9.17) is 0 Å². The maximum Gasteiger partial charge on any atom is 0.387 e. The van der Waals surface area contributed by atoms with Crippen molar-refractivity contribution >= 4 is 11.9 Å². The standard InChI is InChI=1S/C15H19F2NO4/c1-18(9-3-4-14(20)21-2)13(19)10-11-5-7-12(8-6-11)22-15(16)17/h5-8,15H,3-4,9-10H2,1-2H3. The number of amides is 1. The second-order valence-corrected chi connectivity index (χ2v) is 4.69. The Morgan fingerprint density at radius 3 is 2.41 bits per heavy atom. The normalized spacial score (nSPS) is 10.4. The number of carbonyl (C=O) groups excluding carboxylic acids is 2. The summed E-state index contributed by atoms with van der Waals surface area (Å²) in [6.45, 7) is -2.42. The number of carbonyl (C=O) groups is 2. The van der Waals surface area contributed by atoms with Crippen molar-refractivity contribution in [3.63, 3.8) is 0 Å². The maximum atomic E-state index is 12.0. The zero-order chi connectivity index (χ0) is 16.5. The highest BCUT2D eigenvalue weighted by Gasteiger charge is 2.11. The molecule has 0 aromatic heterocycles. The third-order valence-electron chi connectivity index (χ3n) is 3.03. The summed E-state index contributed by atoms with van der Waals surface area (Å²) in [7, 11) is 2.96. The molecule has 1 amide bonds. The van der Waals surface area contributed by atoms with E-state index in [2.05, 4.69) is 9.47 Å². The lowest BCUT2D eigenvalue weighted by molar-refractivity contribution is -0.141. The van der Waals surface area contributed by atoms with Crippen LogP contribution < -0.4 is 4.74 Å². The van der Waals surface area contributed by atoms with Gasteiger partial charge in [-0.1, -0.05) is 12.1 Å². The molecule has 0 atom stereocenters. The number of rotatable bonds is 8. The fourth-order valence-corrected chi connectivity index (χ4v) is 1.79. The van der Waals surface area contributed by atoms with Gasteiger partial charge in [-0.2, -0.15) is 8.78 Å². The van der Waals surface area contributed by atoms with Crippen LogP contribution in [0.1, 0.15) is 18.4 Å². The molecule has 0 spiro atoms. The number of halogens is 2. The van der Waals surface area contributed by atoms with Crippen LogP contribution in [0.2, 0.25) is 0 Å². The average molecular weight is 315 g/mol. The van der Waals surface area contributed by atoms with Crippen molar-refractivity contribution in [1.29, 1.82) is 0 Å². The number of hydrogen-bond acceptors (Lipinski definition) is 4. The van der Waals surface area contributed by atoms with Gasteiger partial charge in [-0.15, -0.1) is 0 Å². The van der Waals surface area contributed by atoms with Crippen LogP contribution in [0.4, 0.5) is 8.78 Å². The van der Waals surface area contributed by atoms with Crippen molar-refractivity contribution < 1.29 is 27.8 Å². The van der Waals surface area contributed by atoms with Crippen molar-refractivity contribution in [2.45, 2.75) is 25.9 Å². The van der Waals surface area contributed by atoms with E-state index in [0.717, 1.165) is 0 Å². The first-order valence-electron chi connectivity index (χ1n) is 6.77. The first kappa shape index (κ1) is 17.9. The number of alkyl halides is 2. The van der Waals surface area contributed by atoms with E-state index < -0.39 is 6.61 Å². The van der Waals surface area contributed by atoms with Crippen LogP contribution >= 0.6 is 0 Å². The van der Waals surface area contributed by atoms with Crippen LogP contribution in [-0.2, 0) is 20.7 Å². The van der Waals surface area contributed by atoms with Crippen LogP contribution in [0.5, 0.6) is 5.75 Å². The highest BCUT2D eigenvalue weighted by atomic mass is 19.3. The van der Waals surface area contributed by atoms with E-state index in [1.807, 2.05) is 0 Å². The molecule has 0 fully saturated rings. The van der Waals surface area contributed by atoms with E-state index in [9.17, 15) is 18.4 Å². The molecule has 0 aliphatic rings. The summed E-state index contributed by atoms with van der Waals surface area (Å²) in [5.41, 5.74) is 0.700. The molecule has 0 saturated carbocycles. The number of hydrogen-bond donors (Lipinski definition) is 0. The van der Waals surface area contributed by atoms with Crippen LogP contribution in [0.25, 0.3) is 0 Å². The summed E-state index contributed by atoms with van der Waals surface area (Å²) in [6.07, 6.45) is 0.938. The number of methoxy groups -OCH3 is 1. The highest BCUT2D eigenvalue weighted by molar-refractivity contribution is 5.78. The Morgan fingerprint density at radius 1 is 1.23 bits per heavy atom. The minimum Gasteiger partial charge on any atom is -0.469 e. The smallest absolute Gasteiger partial charge is 0.387 e. The summed E-state index contributed by atoms with van der Waals surface area (Å²) in [5, 5.41) is 0. The van der Waals surface area contributed by atoms with E-state index in [1.54, 1.807) is 19.2 Å². The van der Waals surface area contributed by atoms with Gasteiger partial charge in [-0.05, 0) is 24.1 Å². The van der Waals surface area contributed by atoms with Gasteiger partial charge in [0.25, 0.3) is 0 Å². The van der Waals surface area contributed by atoms with Crippen molar-refractivity contribution in [3.8, 4) is 5.75 Å². The van der Waals surface area contributed by atoms with Crippen LogP contribution in [-0.4, -0.2) is 44.1 Å². The Hall–Kier alpha value is -2.18. The zero-order valence-electron chi connectivity index (χ0n) is 12.6. The summed E-state index contributed by atoms with van der Waals surface area (Å²) >= 11 is 0. The number of likely N-dealkylation sites (N-methyl/N-ethyl adjacent to an activating group) is 1. The van der Waals surface area contributed by atoms with E-state index in [-0.39, 0.29) is 30.5 Å². The third kappa shape index (κ3) is 6.51. The first-order valence-corrected chi connectivity index (χ1v) is 6.77. The number of nitrogens with zero attached hydrogens (tertiary/aromatic N) is 1. The van der Waals surface area contributed by atoms with E-state index in [1.165, 1.54) is 24.1 Å². The van der Waals surface area contributed by atoms with E-state index in [0.29, 0.717) is 18.5 Å². The fraction of sp³-hybridized carbons (Fsp3) is 0.467. The molecule has 1 aromatic rings. The first-order chi connectivity index (χ1) is 10.4. The van der Waals surface area contributed by atoms with Crippen molar-refractivity contribution in [2.24, 2.45) is 0 Å². The fourth-order valence-electron chi connectivity index (χ4n) is 1.79. The van der Waals surface area contributed by atoms with Gasteiger partial charge in [0.05, 0.1) is 13.5 Å². The van der Waals surface area contributed by atoms with Crippen molar-refractivity contribution in [3.05, 3.63) is 29.8 Å². The Morgan fingerprint density at radius 2 is 1.86 bits per heavy atom. The van der Waals surface area contributed by atoms with Crippen molar-refractivity contribution in [2.75, 3.05) is 20.7 Å². The molecular weight excluding hydrogens is 296 g/mol. The summed E-state index contributed by atoms with van der Waals surface area (Å²) < 4.78 is 32.8. The van der Waals surface area contributed by atoms with Crippen LogP contribution in [0.3, 0.4) is 0 Å². The quantitative estimate of drug-likeness (QED) is 0.690. The predicted molar refractivity (Wildman–Crippen MR) is 75.7 cm³/mol. The van der Waals surface area contributed by atoms with Gasteiger partial charge in [-0.25, -0.2) is 0 Å². The lowest BCUT2D eigenvalue weighted by Crippen LogP contribution is -2.29. The molecule has 7 heteroatoms. The van der Waals surface area contributed by atoms with Gasteiger partial charge in [0.1, 0.15) is 5.75 Å². The molecule has 0 saturated heterocycles. The average Bonchev–Trinajstić information content (AvgIpc) is 2.48. The molecule has 0 bridgehead atoms. The lowest BCUT2D eigenvalue weighted by Gasteiger charge is -2.17. The maximum absolute atomic E-state index is 12.0. The summed E-state index contributed by atoms with van der Waals surface area (Å²) in [4.78, 5) is 24.5. The minimum absolute atomic E-state index is 0.0534. The largest absolute Gasteiger partial charge is 0.469 e. The Labute approximate surface area is 127 Å².